The highest BCUT2D eigenvalue weighted by Crippen LogP contribution is 2.38. The van der Waals surface area contributed by atoms with Gasteiger partial charge >= 0.3 is 0 Å². The van der Waals surface area contributed by atoms with Crippen LogP contribution in [0.3, 0.4) is 0 Å². The summed E-state index contributed by atoms with van der Waals surface area (Å²) in [6, 6.07) is 20.8. The largest absolute Gasteiger partial charge is 0.449 e. The van der Waals surface area contributed by atoms with Crippen molar-refractivity contribution in [3.63, 3.8) is 0 Å². The van der Waals surface area contributed by atoms with Crippen molar-refractivity contribution in [1.82, 2.24) is 10.2 Å². The van der Waals surface area contributed by atoms with E-state index in [-0.39, 0.29) is 29.9 Å². The molecule has 0 unspecified atom stereocenters. The summed E-state index contributed by atoms with van der Waals surface area (Å²) in [4.78, 5) is 30.5. The number of amides is 2. The molecule has 0 atom stereocenters. The smallest absolute Gasteiger partial charge is 0.294 e. The van der Waals surface area contributed by atoms with E-state index >= 15 is 0 Å². The first-order valence-corrected chi connectivity index (χ1v) is 14.1. The second-order valence-electron chi connectivity index (χ2n) is 10.5. The lowest BCUT2D eigenvalue weighted by atomic mass is 10.0. The van der Waals surface area contributed by atoms with Crippen LogP contribution in [0.25, 0.3) is 5.57 Å². The van der Waals surface area contributed by atoms with Crippen LogP contribution < -0.4 is 15.0 Å². The third-order valence-electron chi connectivity index (χ3n) is 7.62. The molecule has 3 aromatic carbocycles. The van der Waals surface area contributed by atoms with E-state index in [1.54, 1.807) is 29.2 Å². The number of benzene rings is 3. The van der Waals surface area contributed by atoms with Crippen molar-refractivity contribution in [3.05, 3.63) is 101 Å². The average Bonchev–Trinajstić information content (AvgIpc) is 3.26. The maximum absolute atomic E-state index is 13.6. The van der Waals surface area contributed by atoms with E-state index in [1.165, 1.54) is 37.8 Å². The quantitative estimate of drug-likeness (QED) is 0.273. The van der Waals surface area contributed by atoms with Gasteiger partial charge in [-0.3, -0.25) is 14.5 Å². The topological polar surface area (TPSA) is 61.9 Å². The molecule has 0 radical (unpaired) electrons. The summed E-state index contributed by atoms with van der Waals surface area (Å²) in [5.74, 6) is 0.115. The van der Waals surface area contributed by atoms with Gasteiger partial charge in [0.25, 0.3) is 11.8 Å². The molecule has 2 heterocycles. The number of carbonyl (C=O) groups excluding carboxylic acids is 2. The minimum Gasteiger partial charge on any atom is -0.449 e. The number of halogens is 1. The maximum atomic E-state index is 13.6. The number of ether oxygens (including phenoxy) is 1. The third kappa shape index (κ3) is 6.59. The number of nitrogens with one attached hydrogen (secondary N) is 1. The Morgan fingerprint density at radius 2 is 1.57 bits per heavy atom. The summed E-state index contributed by atoms with van der Waals surface area (Å²) in [7, 11) is 0. The summed E-state index contributed by atoms with van der Waals surface area (Å²) in [6.07, 6.45) is 6.11. The van der Waals surface area contributed by atoms with E-state index in [2.05, 4.69) is 10.2 Å². The molecular formula is C33H36FN3O3. The molecule has 0 aromatic heterocycles. The van der Waals surface area contributed by atoms with Crippen molar-refractivity contribution in [2.24, 2.45) is 0 Å². The Kier molecular flexibility index (Phi) is 8.91. The molecule has 1 fully saturated rings. The van der Waals surface area contributed by atoms with Gasteiger partial charge in [0.05, 0.1) is 12.2 Å². The van der Waals surface area contributed by atoms with Crippen LogP contribution in [0.1, 0.15) is 60.5 Å². The Bertz CT molecular complexity index is 1360. The number of allylic oxidation sites excluding steroid dienone is 1. The minimum absolute atomic E-state index is 0.0999. The normalized spacial score (nSPS) is 17.1. The number of rotatable bonds is 8. The SMILES string of the molecule is C/C(=C1/Oc2ccccc2N(Cc2ccc(F)cc2)C1=O)c1ccc(C(=O)NCCCN2CCCCCC2)cc1. The average molecular weight is 542 g/mol. The highest BCUT2D eigenvalue weighted by Gasteiger charge is 2.32. The van der Waals surface area contributed by atoms with E-state index in [0.29, 0.717) is 29.1 Å². The standard InChI is InChI=1S/C33H36FN3O3/c1-24(26-13-15-27(16-14-26)32(38)35-19-8-22-36-20-6-2-3-7-21-36)31-33(39)37(23-25-11-17-28(34)18-12-25)29-9-4-5-10-30(29)40-31/h4-5,9-18H,2-3,6-8,19-23H2,1H3,(H,35,38)/b31-24-. The van der Waals surface area contributed by atoms with Crippen LogP contribution >= 0.6 is 0 Å². The Morgan fingerprint density at radius 3 is 2.30 bits per heavy atom. The summed E-state index contributed by atoms with van der Waals surface area (Å²) < 4.78 is 19.5. The Morgan fingerprint density at radius 1 is 0.900 bits per heavy atom. The van der Waals surface area contributed by atoms with Gasteiger partial charge in [0.1, 0.15) is 5.82 Å². The molecule has 2 amide bonds. The van der Waals surface area contributed by atoms with Crippen LogP contribution in [0, 0.1) is 5.82 Å². The molecule has 0 bridgehead atoms. The summed E-state index contributed by atoms with van der Waals surface area (Å²) in [5.41, 5.74) is 3.52. The summed E-state index contributed by atoms with van der Waals surface area (Å²) in [6.45, 7) is 6.10. The number of fused-ring (bicyclic) bond motifs is 1. The molecule has 5 rings (SSSR count). The van der Waals surface area contributed by atoms with E-state index in [1.807, 2.05) is 43.3 Å². The molecule has 1 saturated heterocycles. The van der Waals surface area contributed by atoms with Crippen molar-refractivity contribution in [2.45, 2.75) is 45.6 Å². The molecule has 208 valence electrons. The molecule has 2 aliphatic heterocycles. The fourth-order valence-electron chi connectivity index (χ4n) is 5.29. The molecule has 1 N–H and O–H groups in total. The van der Waals surface area contributed by atoms with Gasteiger partial charge in [-0.25, -0.2) is 4.39 Å². The maximum Gasteiger partial charge on any atom is 0.294 e. The van der Waals surface area contributed by atoms with Crippen LogP contribution in [-0.4, -0.2) is 42.9 Å². The molecule has 2 aliphatic rings. The molecule has 7 heteroatoms. The monoisotopic (exact) mass is 541 g/mol. The van der Waals surface area contributed by atoms with Crippen LogP contribution in [0.15, 0.2) is 78.6 Å². The predicted octanol–water partition coefficient (Wildman–Crippen LogP) is 6.18. The molecule has 6 nitrogen and oxygen atoms in total. The number of hydrogen-bond donors (Lipinski definition) is 1. The van der Waals surface area contributed by atoms with Gasteiger partial charge in [-0.1, -0.05) is 49.2 Å². The van der Waals surface area contributed by atoms with Gasteiger partial charge in [0.2, 0.25) is 0 Å². The highest BCUT2D eigenvalue weighted by atomic mass is 19.1. The van der Waals surface area contributed by atoms with E-state index in [9.17, 15) is 14.0 Å². The van der Waals surface area contributed by atoms with E-state index in [0.717, 1.165) is 37.2 Å². The fraction of sp³-hybridized carbons (Fsp3) is 0.333. The van der Waals surface area contributed by atoms with Crippen molar-refractivity contribution in [2.75, 3.05) is 31.1 Å². The van der Waals surface area contributed by atoms with E-state index < -0.39 is 0 Å². The molecule has 0 spiro atoms. The second-order valence-corrected chi connectivity index (χ2v) is 10.5. The lowest BCUT2D eigenvalue weighted by Crippen LogP contribution is -2.37. The van der Waals surface area contributed by atoms with Crippen molar-refractivity contribution in [1.29, 1.82) is 0 Å². The Labute approximate surface area is 235 Å². The number of para-hydroxylation sites is 2. The molecular weight excluding hydrogens is 505 g/mol. The Balaban J connectivity index is 1.26. The lowest BCUT2D eigenvalue weighted by molar-refractivity contribution is -0.117. The first kappa shape index (κ1) is 27.6. The molecule has 0 saturated carbocycles. The second kappa shape index (κ2) is 12.9. The van der Waals surface area contributed by atoms with Crippen molar-refractivity contribution >= 4 is 23.1 Å². The van der Waals surface area contributed by atoms with Crippen LogP contribution in [0.4, 0.5) is 10.1 Å². The lowest BCUT2D eigenvalue weighted by Gasteiger charge is -2.31. The zero-order valence-corrected chi connectivity index (χ0v) is 23.0. The van der Waals surface area contributed by atoms with Gasteiger partial charge in [-0.2, -0.15) is 0 Å². The van der Waals surface area contributed by atoms with E-state index in [4.69, 9.17) is 4.74 Å². The van der Waals surface area contributed by atoms with Crippen LogP contribution in [0.5, 0.6) is 5.75 Å². The number of likely N-dealkylation sites (tertiary alicyclic amines) is 1. The predicted molar refractivity (Wildman–Crippen MR) is 156 cm³/mol. The third-order valence-corrected chi connectivity index (χ3v) is 7.62. The highest BCUT2D eigenvalue weighted by molar-refractivity contribution is 6.11. The first-order valence-electron chi connectivity index (χ1n) is 14.1. The van der Waals surface area contributed by atoms with Gasteiger partial charge in [-0.05, 0) is 93.3 Å². The van der Waals surface area contributed by atoms with Crippen molar-refractivity contribution in [3.8, 4) is 5.75 Å². The number of nitrogens with zero attached hydrogens (tertiary/aromatic N) is 2. The van der Waals surface area contributed by atoms with Gasteiger partial charge in [0, 0.05) is 17.7 Å². The van der Waals surface area contributed by atoms with Gasteiger partial charge in [0.15, 0.2) is 11.5 Å². The van der Waals surface area contributed by atoms with Gasteiger partial charge < -0.3 is 15.0 Å². The van der Waals surface area contributed by atoms with Crippen molar-refractivity contribution < 1.29 is 18.7 Å². The van der Waals surface area contributed by atoms with Crippen LogP contribution in [0.2, 0.25) is 0 Å². The number of carbonyl (C=O) groups is 2. The Hall–Kier alpha value is -3.97. The van der Waals surface area contributed by atoms with Gasteiger partial charge in [-0.15, -0.1) is 0 Å². The zero-order valence-electron chi connectivity index (χ0n) is 23.0. The molecule has 40 heavy (non-hydrogen) atoms. The zero-order chi connectivity index (χ0) is 27.9. The molecule has 3 aromatic rings. The number of anilines is 1. The minimum atomic E-state index is -0.321. The number of hydrogen-bond acceptors (Lipinski definition) is 4. The fourth-order valence-corrected chi connectivity index (χ4v) is 5.29. The summed E-state index contributed by atoms with van der Waals surface area (Å²) in [5, 5.41) is 3.03. The molecule has 0 aliphatic carbocycles. The first-order chi connectivity index (χ1) is 19.5. The van der Waals surface area contributed by atoms with Crippen LogP contribution in [-0.2, 0) is 11.3 Å². The summed E-state index contributed by atoms with van der Waals surface area (Å²) >= 11 is 0.